The van der Waals surface area contributed by atoms with Gasteiger partial charge in [-0.2, -0.15) is 4.31 Å². The lowest BCUT2D eigenvalue weighted by molar-refractivity contribution is -0.118. The number of aryl methyl sites for hydroxylation is 1. The summed E-state index contributed by atoms with van der Waals surface area (Å²) in [7, 11) is -3.57. The number of anilines is 1. The summed E-state index contributed by atoms with van der Waals surface area (Å²) < 4.78 is 32.1. The van der Waals surface area contributed by atoms with Crippen LogP contribution in [0.5, 0.6) is 5.75 Å². The molecule has 0 aliphatic rings. The lowest BCUT2D eigenvalue weighted by Crippen LogP contribution is -2.30. The summed E-state index contributed by atoms with van der Waals surface area (Å²) >= 11 is 0. The number of benzene rings is 2. The van der Waals surface area contributed by atoms with E-state index < -0.39 is 10.0 Å². The quantitative estimate of drug-likeness (QED) is 0.713. The monoisotopic (exact) mass is 390 g/mol. The molecule has 1 amide bonds. The Kier molecular flexibility index (Phi) is 7.38. The van der Waals surface area contributed by atoms with Crippen LogP contribution in [-0.2, 0) is 21.2 Å². The molecule has 0 saturated carbocycles. The number of ether oxygens (including phenoxy) is 1. The van der Waals surface area contributed by atoms with Crippen LogP contribution in [0.3, 0.4) is 0 Å². The first-order valence-electron chi connectivity index (χ1n) is 9.02. The Balaban J connectivity index is 2.04. The second-order valence-electron chi connectivity index (χ2n) is 5.95. The lowest BCUT2D eigenvalue weighted by Gasteiger charge is -2.18. The number of hydrogen-bond donors (Lipinski definition) is 1. The van der Waals surface area contributed by atoms with E-state index in [4.69, 9.17) is 4.74 Å². The van der Waals surface area contributed by atoms with Crippen LogP contribution in [0.1, 0.15) is 26.3 Å². The minimum absolute atomic E-state index is 0.153. The Hall–Kier alpha value is -2.38. The van der Waals surface area contributed by atoms with Crippen LogP contribution in [0.4, 0.5) is 5.69 Å². The van der Waals surface area contributed by atoms with Gasteiger partial charge in [0.15, 0.2) is 6.61 Å². The van der Waals surface area contributed by atoms with Crippen molar-refractivity contribution in [3.63, 3.8) is 0 Å². The Bertz CT molecular complexity index is 877. The molecule has 2 aromatic carbocycles. The standard InChI is InChI=1S/C20H26N2O4S/c1-4-16-9-7-11-18(13-16)26-15-20(23)21-17-10-8-12-19(14-17)27(24,25)22(5-2)6-3/h7-14H,4-6,15H2,1-3H3,(H,21,23). The zero-order chi connectivity index (χ0) is 19.9. The second kappa shape index (κ2) is 9.53. The van der Waals surface area contributed by atoms with Crippen LogP contribution < -0.4 is 10.1 Å². The zero-order valence-electron chi connectivity index (χ0n) is 15.9. The van der Waals surface area contributed by atoms with E-state index in [0.29, 0.717) is 24.5 Å². The molecular formula is C20H26N2O4S. The number of amides is 1. The lowest BCUT2D eigenvalue weighted by atomic mass is 10.2. The van der Waals surface area contributed by atoms with Crippen molar-refractivity contribution < 1.29 is 17.9 Å². The van der Waals surface area contributed by atoms with Crippen LogP contribution in [-0.4, -0.2) is 38.3 Å². The number of sulfonamides is 1. The zero-order valence-corrected chi connectivity index (χ0v) is 16.8. The van der Waals surface area contributed by atoms with E-state index in [1.54, 1.807) is 32.0 Å². The van der Waals surface area contributed by atoms with Crippen molar-refractivity contribution in [3.8, 4) is 5.75 Å². The Labute approximate surface area is 161 Å². The molecule has 146 valence electrons. The smallest absolute Gasteiger partial charge is 0.262 e. The maximum atomic E-state index is 12.6. The first-order chi connectivity index (χ1) is 12.9. The Morgan fingerprint density at radius 3 is 2.41 bits per heavy atom. The first-order valence-corrected chi connectivity index (χ1v) is 10.5. The van der Waals surface area contributed by atoms with Gasteiger partial charge in [-0.15, -0.1) is 0 Å². The number of hydrogen-bond acceptors (Lipinski definition) is 4. The normalized spacial score (nSPS) is 11.4. The Morgan fingerprint density at radius 1 is 1.04 bits per heavy atom. The third-order valence-corrected chi connectivity index (χ3v) is 6.18. The van der Waals surface area contributed by atoms with Gasteiger partial charge in [0.1, 0.15) is 5.75 Å². The predicted molar refractivity (Wildman–Crippen MR) is 106 cm³/mol. The van der Waals surface area contributed by atoms with Gasteiger partial charge in [0, 0.05) is 18.8 Å². The van der Waals surface area contributed by atoms with E-state index in [2.05, 4.69) is 5.32 Å². The highest BCUT2D eigenvalue weighted by Gasteiger charge is 2.21. The van der Waals surface area contributed by atoms with Crippen LogP contribution in [0.15, 0.2) is 53.4 Å². The van der Waals surface area contributed by atoms with Crippen molar-refractivity contribution in [1.82, 2.24) is 4.31 Å². The van der Waals surface area contributed by atoms with Crippen molar-refractivity contribution in [2.24, 2.45) is 0 Å². The molecule has 7 heteroatoms. The largest absolute Gasteiger partial charge is 0.484 e. The van der Waals surface area contributed by atoms with Gasteiger partial charge >= 0.3 is 0 Å². The molecule has 0 spiro atoms. The molecule has 0 saturated heterocycles. The average Bonchev–Trinajstić information content (AvgIpc) is 2.67. The van der Waals surface area contributed by atoms with Crippen LogP contribution in [0.2, 0.25) is 0 Å². The maximum absolute atomic E-state index is 12.6. The first kappa shape index (κ1) is 20.9. The van der Waals surface area contributed by atoms with E-state index in [0.717, 1.165) is 12.0 Å². The van der Waals surface area contributed by atoms with E-state index in [9.17, 15) is 13.2 Å². The van der Waals surface area contributed by atoms with Crippen LogP contribution in [0, 0.1) is 0 Å². The molecule has 0 fully saturated rings. The van der Waals surface area contributed by atoms with Crippen molar-refractivity contribution in [2.75, 3.05) is 25.0 Å². The molecule has 0 bridgehead atoms. The third-order valence-electron chi connectivity index (χ3n) is 4.14. The van der Waals surface area contributed by atoms with Crippen molar-refractivity contribution >= 4 is 21.6 Å². The molecule has 0 heterocycles. The summed E-state index contributed by atoms with van der Waals surface area (Å²) in [6.45, 7) is 6.25. The summed E-state index contributed by atoms with van der Waals surface area (Å²) in [6, 6.07) is 13.8. The SMILES string of the molecule is CCc1cccc(OCC(=O)Nc2cccc(S(=O)(=O)N(CC)CC)c2)c1. The third kappa shape index (κ3) is 5.55. The van der Waals surface area contributed by atoms with Gasteiger partial charge in [0.05, 0.1) is 4.90 Å². The van der Waals surface area contributed by atoms with Gasteiger partial charge in [-0.05, 0) is 42.3 Å². The highest BCUT2D eigenvalue weighted by molar-refractivity contribution is 7.89. The highest BCUT2D eigenvalue weighted by Crippen LogP contribution is 2.20. The van der Waals surface area contributed by atoms with Gasteiger partial charge in [-0.1, -0.05) is 39.0 Å². The average molecular weight is 391 g/mol. The summed E-state index contributed by atoms with van der Waals surface area (Å²) in [5, 5.41) is 2.68. The fourth-order valence-corrected chi connectivity index (χ4v) is 4.15. The van der Waals surface area contributed by atoms with Gasteiger partial charge in [-0.3, -0.25) is 4.79 Å². The van der Waals surface area contributed by atoms with Crippen molar-refractivity contribution in [3.05, 3.63) is 54.1 Å². The molecule has 1 N–H and O–H groups in total. The molecule has 0 aromatic heterocycles. The maximum Gasteiger partial charge on any atom is 0.262 e. The van der Waals surface area contributed by atoms with E-state index >= 15 is 0 Å². The molecule has 0 aliphatic carbocycles. The van der Waals surface area contributed by atoms with Crippen molar-refractivity contribution in [1.29, 1.82) is 0 Å². The van der Waals surface area contributed by atoms with Gasteiger partial charge < -0.3 is 10.1 Å². The van der Waals surface area contributed by atoms with Gasteiger partial charge in [0.2, 0.25) is 10.0 Å². The molecule has 6 nitrogen and oxygen atoms in total. The van der Waals surface area contributed by atoms with Crippen molar-refractivity contribution in [2.45, 2.75) is 32.1 Å². The van der Waals surface area contributed by atoms with Gasteiger partial charge in [0.25, 0.3) is 5.91 Å². The van der Waals surface area contributed by atoms with Crippen LogP contribution >= 0.6 is 0 Å². The molecule has 0 radical (unpaired) electrons. The topological polar surface area (TPSA) is 75.7 Å². The molecule has 0 unspecified atom stereocenters. The number of nitrogens with zero attached hydrogens (tertiary/aromatic N) is 1. The number of rotatable bonds is 9. The molecule has 0 aliphatic heterocycles. The summed E-state index contributed by atoms with van der Waals surface area (Å²) in [5.74, 6) is 0.275. The highest BCUT2D eigenvalue weighted by atomic mass is 32.2. The minimum Gasteiger partial charge on any atom is -0.484 e. The summed E-state index contributed by atoms with van der Waals surface area (Å²) in [4.78, 5) is 12.3. The van der Waals surface area contributed by atoms with Gasteiger partial charge in [-0.25, -0.2) is 8.42 Å². The summed E-state index contributed by atoms with van der Waals surface area (Å²) in [5.41, 5.74) is 1.54. The van der Waals surface area contributed by atoms with E-state index in [1.807, 2.05) is 25.1 Å². The molecule has 27 heavy (non-hydrogen) atoms. The van der Waals surface area contributed by atoms with E-state index in [-0.39, 0.29) is 17.4 Å². The minimum atomic E-state index is -3.57. The summed E-state index contributed by atoms with van der Waals surface area (Å²) in [6.07, 6.45) is 0.886. The van der Waals surface area contributed by atoms with Crippen LogP contribution in [0.25, 0.3) is 0 Å². The predicted octanol–water partition coefficient (Wildman–Crippen LogP) is 3.30. The second-order valence-corrected chi connectivity index (χ2v) is 7.89. The molecule has 2 aromatic rings. The fourth-order valence-electron chi connectivity index (χ4n) is 2.65. The Morgan fingerprint density at radius 2 is 1.74 bits per heavy atom. The molecule has 2 rings (SSSR count). The molecular weight excluding hydrogens is 364 g/mol. The fraction of sp³-hybridized carbons (Fsp3) is 0.350. The molecule has 0 atom stereocenters. The number of carbonyl (C=O) groups is 1. The van der Waals surface area contributed by atoms with E-state index in [1.165, 1.54) is 16.4 Å². The number of nitrogens with one attached hydrogen (secondary N) is 1. The number of carbonyl (C=O) groups excluding carboxylic acids is 1.